The summed E-state index contributed by atoms with van der Waals surface area (Å²) in [7, 11) is 0. The molecule has 1 N–H and O–H groups in total. The Morgan fingerprint density at radius 1 is 1.17 bits per heavy atom. The Balaban J connectivity index is 1.40. The molecule has 3 amide bonds. The Hall–Kier alpha value is -2.80. The predicted octanol–water partition coefficient (Wildman–Crippen LogP) is 3.55. The molecule has 2 aromatic rings. The van der Waals surface area contributed by atoms with Crippen LogP contribution in [0.15, 0.2) is 41.0 Å². The van der Waals surface area contributed by atoms with Gasteiger partial charge in [-0.1, -0.05) is 11.6 Å². The summed E-state index contributed by atoms with van der Waals surface area (Å²) in [5.74, 6) is -0.309. The molecule has 7 nitrogen and oxygen atoms in total. The number of hydrogen-bond acceptors (Lipinski definition) is 4. The third-order valence-corrected chi connectivity index (χ3v) is 5.69. The number of likely N-dealkylation sites (tertiary alicyclic amines) is 1. The normalized spacial score (nSPS) is 19.5. The van der Waals surface area contributed by atoms with Gasteiger partial charge in [-0.2, -0.15) is 0 Å². The van der Waals surface area contributed by atoms with E-state index in [4.69, 9.17) is 16.0 Å². The highest BCUT2D eigenvalue weighted by molar-refractivity contribution is 6.34. The van der Waals surface area contributed by atoms with E-state index < -0.39 is 0 Å². The van der Waals surface area contributed by atoms with Crippen molar-refractivity contribution in [3.63, 3.8) is 0 Å². The molecular formula is C21H22ClN3O4. The number of furan rings is 1. The summed E-state index contributed by atoms with van der Waals surface area (Å²) in [4.78, 5) is 40.5. The van der Waals surface area contributed by atoms with Crippen molar-refractivity contribution in [2.45, 2.75) is 25.7 Å². The number of benzene rings is 1. The summed E-state index contributed by atoms with van der Waals surface area (Å²) < 4.78 is 5.18. The molecule has 2 aliphatic rings. The molecule has 1 atom stereocenters. The second-order valence-corrected chi connectivity index (χ2v) is 7.78. The average Bonchev–Trinajstić information content (AvgIpc) is 3.40. The number of halogens is 1. The minimum Gasteiger partial charge on any atom is -0.459 e. The molecule has 2 fully saturated rings. The number of carbonyl (C=O) groups is 3. The Morgan fingerprint density at radius 3 is 2.72 bits per heavy atom. The highest BCUT2D eigenvalue weighted by Gasteiger charge is 2.30. The van der Waals surface area contributed by atoms with Crippen LogP contribution < -0.4 is 10.2 Å². The Bertz CT molecular complexity index is 928. The van der Waals surface area contributed by atoms with Gasteiger partial charge in [0, 0.05) is 31.7 Å². The molecule has 4 rings (SSSR count). The SMILES string of the molecule is O=C(Nc1ccc(N2CCCC2=O)c(Cl)c1)C1CCCN(C(=O)c2ccco2)C1. The van der Waals surface area contributed by atoms with Gasteiger partial charge >= 0.3 is 0 Å². The van der Waals surface area contributed by atoms with Crippen LogP contribution in [0.3, 0.4) is 0 Å². The largest absolute Gasteiger partial charge is 0.459 e. The van der Waals surface area contributed by atoms with E-state index in [2.05, 4.69) is 5.32 Å². The lowest BCUT2D eigenvalue weighted by Crippen LogP contribution is -2.43. The minimum atomic E-state index is -0.304. The highest BCUT2D eigenvalue weighted by Crippen LogP contribution is 2.32. The number of rotatable bonds is 4. The molecule has 3 heterocycles. The summed E-state index contributed by atoms with van der Waals surface area (Å²) in [5.41, 5.74) is 1.24. The molecule has 0 saturated carbocycles. The van der Waals surface area contributed by atoms with E-state index in [-0.39, 0.29) is 29.4 Å². The zero-order valence-electron chi connectivity index (χ0n) is 15.9. The fourth-order valence-corrected chi connectivity index (χ4v) is 4.16. The van der Waals surface area contributed by atoms with Gasteiger partial charge in [-0.05, 0) is 49.6 Å². The first kappa shape index (κ1) is 19.5. The molecule has 152 valence electrons. The lowest BCUT2D eigenvalue weighted by atomic mass is 9.96. The van der Waals surface area contributed by atoms with E-state index in [1.807, 2.05) is 0 Å². The fourth-order valence-electron chi connectivity index (χ4n) is 3.88. The third-order valence-electron chi connectivity index (χ3n) is 5.39. The molecule has 8 heteroatoms. The first-order valence-electron chi connectivity index (χ1n) is 9.76. The summed E-state index contributed by atoms with van der Waals surface area (Å²) in [6.45, 7) is 1.61. The molecular weight excluding hydrogens is 394 g/mol. The second-order valence-electron chi connectivity index (χ2n) is 7.37. The van der Waals surface area contributed by atoms with Gasteiger partial charge in [-0.25, -0.2) is 0 Å². The number of hydrogen-bond donors (Lipinski definition) is 1. The molecule has 0 spiro atoms. The van der Waals surface area contributed by atoms with Crippen LogP contribution in [0, 0.1) is 5.92 Å². The van der Waals surface area contributed by atoms with Gasteiger partial charge < -0.3 is 19.5 Å². The van der Waals surface area contributed by atoms with Gasteiger partial charge in [0.05, 0.1) is 22.9 Å². The van der Waals surface area contributed by atoms with Crippen LogP contribution in [-0.2, 0) is 9.59 Å². The van der Waals surface area contributed by atoms with Crippen molar-refractivity contribution in [3.05, 3.63) is 47.4 Å². The van der Waals surface area contributed by atoms with Gasteiger partial charge in [0.1, 0.15) is 0 Å². The van der Waals surface area contributed by atoms with Crippen molar-refractivity contribution < 1.29 is 18.8 Å². The van der Waals surface area contributed by atoms with E-state index in [1.165, 1.54) is 6.26 Å². The number of carbonyl (C=O) groups excluding carboxylic acids is 3. The van der Waals surface area contributed by atoms with E-state index >= 15 is 0 Å². The molecule has 0 radical (unpaired) electrons. The van der Waals surface area contributed by atoms with Crippen LogP contribution in [-0.4, -0.2) is 42.3 Å². The number of piperidine rings is 1. The van der Waals surface area contributed by atoms with Crippen molar-refractivity contribution in [2.24, 2.45) is 5.92 Å². The number of anilines is 2. The van der Waals surface area contributed by atoms with Crippen LogP contribution in [0.25, 0.3) is 0 Å². The second kappa shape index (κ2) is 8.29. The summed E-state index contributed by atoms with van der Waals surface area (Å²) >= 11 is 6.36. The average molecular weight is 416 g/mol. The van der Waals surface area contributed by atoms with E-state index in [1.54, 1.807) is 40.1 Å². The van der Waals surface area contributed by atoms with Crippen LogP contribution in [0.5, 0.6) is 0 Å². The number of nitrogens with zero attached hydrogens (tertiary/aromatic N) is 2. The van der Waals surface area contributed by atoms with Crippen LogP contribution in [0.2, 0.25) is 5.02 Å². The van der Waals surface area contributed by atoms with Crippen molar-refractivity contribution in [1.29, 1.82) is 0 Å². The number of amides is 3. The van der Waals surface area contributed by atoms with E-state index in [0.29, 0.717) is 48.9 Å². The van der Waals surface area contributed by atoms with Crippen molar-refractivity contribution in [1.82, 2.24) is 4.90 Å². The Labute approximate surface area is 173 Å². The van der Waals surface area contributed by atoms with Gasteiger partial charge in [0.2, 0.25) is 11.8 Å². The molecule has 2 saturated heterocycles. The van der Waals surface area contributed by atoms with E-state index in [9.17, 15) is 14.4 Å². The Morgan fingerprint density at radius 2 is 2.03 bits per heavy atom. The minimum absolute atomic E-state index is 0.0622. The first-order valence-corrected chi connectivity index (χ1v) is 10.1. The van der Waals surface area contributed by atoms with Crippen molar-refractivity contribution >= 4 is 40.7 Å². The van der Waals surface area contributed by atoms with Gasteiger partial charge in [0.15, 0.2) is 5.76 Å². The maximum absolute atomic E-state index is 12.7. The predicted molar refractivity (Wildman–Crippen MR) is 109 cm³/mol. The zero-order chi connectivity index (χ0) is 20.4. The summed E-state index contributed by atoms with van der Waals surface area (Å²) in [6.07, 6.45) is 4.28. The van der Waals surface area contributed by atoms with E-state index in [0.717, 1.165) is 12.8 Å². The summed E-state index contributed by atoms with van der Waals surface area (Å²) in [5, 5.41) is 3.31. The van der Waals surface area contributed by atoms with Crippen LogP contribution in [0.4, 0.5) is 11.4 Å². The van der Waals surface area contributed by atoms with Gasteiger partial charge in [0.25, 0.3) is 5.91 Å². The monoisotopic (exact) mass is 415 g/mol. The smallest absolute Gasteiger partial charge is 0.289 e. The molecule has 0 bridgehead atoms. The first-order chi connectivity index (χ1) is 14.0. The topological polar surface area (TPSA) is 82.9 Å². The lowest BCUT2D eigenvalue weighted by Gasteiger charge is -2.31. The molecule has 29 heavy (non-hydrogen) atoms. The van der Waals surface area contributed by atoms with Crippen LogP contribution >= 0.6 is 11.6 Å². The molecule has 2 aliphatic heterocycles. The van der Waals surface area contributed by atoms with Crippen molar-refractivity contribution in [2.75, 3.05) is 29.9 Å². The van der Waals surface area contributed by atoms with Crippen LogP contribution in [0.1, 0.15) is 36.2 Å². The standard InChI is InChI=1S/C21H22ClN3O4/c22-16-12-15(7-8-17(16)25-10-2-6-19(25)26)23-20(27)14-4-1-9-24(13-14)21(28)18-5-3-11-29-18/h3,5,7-8,11-12,14H,1-2,4,6,9-10,13H2,(H,23,27). The maximum Gasteiger partial charge on any atom is 0.289 e. The Kier molecular flexibility index (Phi) is 5.58. The zero-order valence-corrected chi connectivity index (χ0v) is 16.7. The molecule has 0 aliphatic carbocycles. The van der Waals surface area contributed by atoms with Gasteiger partial charge in [-0.15, -0.1) is 0 Å². The molecule has 1 aromatic carbocycles. The lowest BCUT2D eigenvalue weighted by molar-refractivity contribution is -0.121. The maximum atomic E-state index is 12.7. The quantitative estimate of drug-likeness (QED) is 0.827. The summed E-state index contributed by atoms with van der Waals surface area (Å²) in [6, 6.07) is 8.47. The molecule has 1 unspecified atom stereocenters. The van der Waals surface area contributed by atoms with Crippen molar-refractivity contribution in [3.8, 4) is 0 Å². The van der Waals surface area contributed by atoms with Gasteiger partial charge in [-0.3, -0.25) is 14.4 Å². The number of nitrogens with one attached hydrogen (secondary N) is 1. The molecule has 1 aromatic heterocycles. The highest BCUT2D eigenvalue weighted by atomic mass is 35.5. The third kappa shape index (κ3) is 4.15. The fraction of sp³-hybridized carbons (Fsp3) is 0.381.